The summed E-state index contributed by atoms with van der Waals surface area (Å²) in [5.41, 5.74) is 0.458. The molecule has 1 aliphatic heterocycles. The molecule has 0 bridgehead atoms. The van der Waals surface area contributed by atoms with Crippen molar-refractivity contribution in [2.24, 2.45) is 0 Å². The van der Waals surface area contributed by atoms with Gasteiger partial charge in [0, 0.05) is 23.5 Å². The molecule has 4 atom stereocenters. The Kier molecular flexibility index (Phi) is 4.84. The van der Waals surface area contributed by atoms with Gasteiger partial charge in [0.15, 0.2) is 12.4 Å². The molecule has 21 heavy (non-hydrogen) atoms. The fourth-order valence-corrected chi connectivity index (χ4v) is 2.17. The second kappa shape index (κ2) is 6.61. The Balaban J connectivity index is 1.91. The van der Waals surface area contributed by atoms with E-state index in [2.05, 4.69) is 5.32 Å². The number of ether oxygens (including phenoxy) is 1. The van der Waals surface area contributed by atoms with E-state index in [1.807, 2.05) is 0 Å². The average Bonchev–Trinajstić information content (AvgIpc) is 2.48. The van der Waals surface area contributed by atoms with E-state index in [-0.39, 0.29) is 18.9 Å². The molecule has 8 nitrogen and oxygen atoms in total. The number of aliphatic hydroxyl groups excluding tert-OH is 2. The number of carbonyl (C=O) groups is 1. The fourth-order valence-electron chi connectivity index (χ4n) is 2.17. The lowest BCUT2D eigenvalue weighted by atomic mass is 10.00. The van der Waals surface area contributed by atoms with Crippen LogP contribution in [0.1, 0.15) is 16.8 Å². The van der Waals surface area contributed by atoms with Crippen molar-refractivity contribution in [2.75, 3.05) is 6.54 Å². The first-order chi connectivity index (χ1) is 9.99. The van der Waals surface area contributed by atoms with Crippen LogP contribution >= 0.6 is 0 Å². The predicted molar refractivity (Wildman–Crippen MR) is 71.1 cm³/mol. The molecule has 8 heteroatoms. The van der Waals surface area contributed by atoms with Crippen molar-refractivity contribution in [1.82, 2.24) is 5.32 Å². The standard InChI is InChI=1S/C13H16N2O6/c16-11-10(15(19)20)6-9(21-13(11)18)7-14-12(17)8-4-2-1-3-5-8/h1-5,9-11,13,16,18H,6-7H2,(H,14,17)/t9-,10?,11?,13+/m0/s1. The third-order valence-corrected chi connectivity index (χ3v) is 3.32. The molecule has 0 aromatic heterocycles. The first-order valence-corrected chi connectivity index (χ1v) is 6.47. The van der Waals surface area contributed by atoms with Crippen LogP contribution in [-0.4, -0.2) is 52.1 Å². The zero-order valence-electron chi connectivity index (χ0n) is 11.1. The molecule has 1 heterocycles. The Bertz CT molecular complexity index is 509. The summed E-state index contributed by atoms with van der Waals surface area (Å²) in [5, 5.41) is 32.3. The van der Waals surface area contributed by atoms with Gasteiger partial charge in [0.25, 0.3) is 5.91 Å². The van der Waals surface area contributed by atoms with Crippen LogP contribution in [0.4, 0.5) is 0 Å². The van der Waals surface area contributed by atoms with Crippen LogP contribution < -0.4 is 5.32 Å². The van der Waals surface area contributed by atoms with E-state index in [0.717, 1.165) is 0 Å². The maximum Gasteiger partial charge on any atom is 0.251 e. The SMILES string of the molecule is O=C(NC[C@@H]1CC([N+](=O)[O-])C(O)[C@H](O)O1)c1ccccc1. The van der Waals surface area contributed by atoms with E-state index in [9.17, 15) is 25.1 Å². The lowest BCUT2D eigenvalue weighted by Crippen LogP contribution is -2.53. The van der Waals surface area contributed by atoms with Gasteiger partial charge in [0.2, 0.25) is 6.04 Å². The molecule has 1 amide bonds. The number of nitrogens with zero attached hydrogens (tertiary/aromatic N) is 1. The summed E-state index contributed by atoms with van der Waals surface area (Å²) in [7, 11) is 0. The maximum absolute atomic E-state index is 11.8. The number of amides is 1. The van der Waals surface area contributed by atoms with Crippen molar-refractivity contribution in [3.63, 3.8) is 0 Å². The number of benzene rings is 1. The Morgan fingerprint density at radius 2 is 2.05 bits per heavy atom. The molecule has 0 spiro atoms. The summed E-state index contributed by atoms with van der Waals surface area (Å²) in [5.74, 6) is -0.336. The largest absolute Gasteiger partial charge is 0.381 e. The average molecular weight is 296 g/mol. The summed E-state index contributed by atoms with van der Waals surface area (Å²) in [6.07, 6.45) is -4.01. The molecule has 2 unspecified atom stereocenters. The molecule has 1 fully saturated rings. The number of aliphatic hydroxyl groups is 2. The van der Waals surface area contributed by atoms with Gasteiger partial charge in [0.05, 0.1) is 6.10 Å². The van der Waals surface area contributed by atoms with Crippen molar-refractivity contribution in [2.45, 2.75) is 31.0 Å². The number of hydrogen-bond donors (Lipinski definition) is 3. The zero-order chi connectivity index (χ0) is 15.4. The van der Waals surface area contributed by atoms with Crippen molar-refractivity contribution < 1.29 is 24.7 Å². The lowest BCUT2D eigenvalue weighted by Gasteiger charge is -2.32. The molecular weight excluding hydrogens is 280 g/mol. The van der Waals surface area contributed by atoms with Crippen LogP contribution in [0.2, 0.25) is 0 Å². The van der Waals surface area contributed by atoms with Crippen molar-refractivity contribution in [3.8, 4) is 0 Å². The minimum atomic E-state index is -1.63. The van der Waals surface area contributed by atoms with E-state index in [4.69, 9.17) is 4.74 Å². The highest BCUT2D eigenvalue weighted by Crippen LogP contribution is 2.20. The van der Waals surface area contributed by atoms with E-state index < -0.39 is 29.5 Å². The van der Waals surface area contributed by atoms with Crippen LogP contribution in [0.25, 0.3) is 0 Å². The highest BCUT2D eigenvalue weighted by molar-refractivity contribution is 5.94. The van der Waals surface area contributed by atoms with Crippen molar-refractivity contribution in [1.29, 1.82) is 0 Å². The quantitative estimate of drug-likeness (QED) is 0.510. The van der Waals surface area contributed by atoms with Gasteiger partial charge in [0.1, 0.15) is 0 Å². The second-order valence-electron chi connectivity index (χ2n) is 4.80. The number of carbonyl (C=O) groups excluding carboxylic acids is 1. The summed E-state index contributed by atoms with van der Waals surface area (Å²) >= 11 is 0. The number of nitrogens with one attached hydrogen (secondary N) is 1. The Labute approximate surface area is 120 Å². The van der Waals surface area contributed by atoms with Gasteiger partial charge in [-0.2, -0.15) is 0 Å². The van der Waals surface area contributed by atoms with Gasteiger partial charge in [-0.3, -0.25) is 14.9 Å². The fraction of sp³-hybridized carbons (Fsp3) is 0.462. The Morgan fingerprint density at radius 3 is 2.67 bits per heavy atom. The minimum Gasteiger partial charge on any atom is -0.381 e. The molecule has 114 valence electrons. The van der Waals surface area contributed by atoms with Gasteiger partial charge in [-0.25, -0.2) is 0 Å². The number of hydrogen-bond acceptors (Lipinski definition) is 6. The molecule has 2 rings (SSSR count). The first-order valence-electron chi connectivity index (χ1n) is 6.47. The normalized spacial score (nSPS) is 28.9. The van der Waals surface area contributed by atoms with Crippen LogP contribution in [0, 0.1) is 10.1 Å². The Morgan fingerprint density at radius 1 is 1.38 bits per heavy atom. The first kappa shape index (κ1) is 15.4. The van der Waals surface area contributed by atoms with Gasteiger partial charge >= 0.3 is 0 Å². The smallest absolute Gasteiger partial charge is 0.251 e. The molecule has 1 aromatic rings. The van der Waals surface area contributed by atoms with Crippen LogP contribution in [-0.2, 0) is 4.74 Å². The number of rotatable bonds is 4. The predicted octanol–water partition coefficient (Wildman–Crippen LogP) is -0.470. The molecule has 0 aliphatic carbocycles. The highest BCUT2D eigenvalue weighted by atomic mass is 16.6. The molecule has 0 saturated carbocycles. The van der Waals surface area contributed by atoms with Crippen LogP contribution in [0.3, 0.4) is 0 Å². The molecule has 1 aromatic carbocycles. The van der Waals surface area contributed by atoms with Crippen LogP contribution in [0.15, 0.2) is 30.3 Å². The third-order valence-electron chi connectivity index (χ3n) is 3.32. The van der Waals surface area contributed by atoms with E-state index in [1.165, 1.54) is 0 Å². The maximum atomic E-state index is 11.8. The highest BCUT2D eigenvalue weighted by Gasteiger charge is 2.43. The zero-order valence-corrected chi connectivity index (χ0v) is 11.1. The lowest BCUT2D eigenvalue weighted by molar-refractivity contribution is -0.550. The van der Waals surface area contributed by atoms with E-state index in [1.54, 1.807) is 30.3 Å². The van der Waals surface area contributed by atoms with E-state index >= 15 is 0 Å². The molecular formula is C13H16N2O6. The summed E-state index contributed by atoms with van der Waals surface area (Å²) in [6, 6.07) is 7.17. The third kappa shape index (κ3) is 3.75. The van der Waals surface area contributed by atoms with Crippen molar-refractivity contribution in [3.05, 3.63) is 46.0 Å². The topological polar surface area (TPSA) is 122 Å². The van der Waals surface area contributed by atoms with Gasteiger partial charge in [-0.05, 0) is 12.1 Å². The number of nitro groups is 1. The summed E-state index contributed by atoms with van der Waals surface area (Å²) in [4.78, 5) is 22.0. The van der Waals surface area contributed by atoms with Crippen molar-refractivity contribution >= 4 is 5.91 Å². The van der Waals surface area contributed by atoms with Gasteiger partial charge < -0.3 is 20.3 Å². The van der Waals surface area contributed by atoms with Crippen LogP contribution in [0.5, 0.6) is 0 Å². The summed E-state index contributed by atoms with van der Waals surface area (Å²) < 4.78 is 5.05. The second-order valence-corrected chi connectivity index (χ2v) is 4.80. The molecule has 1 saturated heterocycles. The minimum absolute atomic E-state index is 0.0157. The monoisotopic (exact) mass is 296 g/mol. The molecule has 3 N–H and O–H groups in total. The summed E-state index contributed by atoms with van der Waals surface area (Å²) in [6.45, 7) is 0.0157. The van der Waals surface area contributed by atoms with E-state index in [0.29, 0.717) is 5.56 Å². The van der Waals surface area contributed by atoms with Gasteiger partial charge in [-0.15, -0.1) is 0 Å². The van der Waals surface area contributed by atoms with Gasteiger partial charge in [-0.1, -0.05) is 18.2 Å². The Hall–Kier alpha value is -2.03. The molecule has 0 radical (unpaired) electrons. The molecule has 1 aliphatic rings.